The van der Waals surface area contributed by atoms with Crippen molar-refractivity contribution in [1.29, 1.82) is 0 Å². The molecule has 2 fully saturated rings. The quantitative estimate of drug-likeness (QED) is 0.506. The SMILES string of the molecule is CCNC(=NCc1nc(C(C)(C)C)cs1)NC1CC2CCC(C1)N2Cc1ccccc1. The molecule has 2 unspecified atom stereocenters. The van der Waals surface area contributed by atoms with Crippen LogP contribution in [0.4, 0.5) is 0 Å². The number of nitrogens with one attached hydrogen (secondary N) is 2. The Bertz CT molecular complexity index is 856. The van der Waals surface area contributed by atoms with Crippen LogP contribution in [0, 0.1) is 0 Å². The molecule has 31 heavy (non-hydrogen) atoms. The fourth-order valence-corrected chi connectivity index (χ4v) is 5.78. The van der Waals surface area contributed by atoms with Crippen molar-refractivity contribution < 1.29 is 0 Å². The van der Waals surface area contributed by atoms with Crippen LogP contribution in [0.5, 0.6) is 0 Å². The number of nitrogens with zero attached hydrogens (tertiary/aromatic N) is 3. The van der Waals surface area contributed by atoms with Crippen LogP contribution >= 0.6 is 11.3 Å². The summed E-state index contributed by atoms with van der Waals surface area (Å²) in [4.78, 5) is 12.4. The molecule has 1 aromatic carbocycles. The molecule has 2 bridgehead atoms. The zero-order valence-electron chi connectivity index (χ0n) is 19.4. The third-order valence-electron chi connectivity index (χ3n) is 6.47. The van der Waals surface area contributed by atoms with E-state index in [4.69, 9.17) is 9.98 Å². The van der Waals surface area contributed by atoms with Crippen LogP contribution in [0.1, 0.15) is 69.6 Å². The van der Waals surface area contributed by atoms with Crippen molar-refractivity contribution in [1.82, 2.24) is 20.5 Å². The third kappa shape index (κ3) is 5.66. The second kappa shape index (κ2) is 9.70. The van der Waals surface area contributed by atoms with E-state index in [1.807, 2.05) is 0 Å². The predicted octanol–water partition coefficient (Wildman–Crippen LogP) is 4.69. The number of aliphatic imine (C=N–C) groups is 1. The second-order valence-electron chi connectivity index (χ2n) is 9.93. The average molecular weight is 440 g/mol. The molecule has 0 spiro atoms. The van der Waals surface area contributed by atoms with Crippen molar-refractivity contribution >= 4 is 17.3 Å². The number of thiazole rings is 1. The van der Waals surface area contributed by atoms with Gasteiger partial charge < -0.3 is 10.6 Å². The monoisotopic (exact) mass is 439 g/mol. The highest BCUT2D eigenvalue weighted by Crippen LogP contribution is 2.36. The fraction of sp³-hybridized carbons (Fsp3) is 0.600. The van der Waals surface area contributed by atoms with Gasteiger partial charge in [0.15, 0.2) is 5.96 Å². The van der Waals surface area contributed by atoms with E-state index in [0.29, 0.717) is 24.7 Å². The Labute approximate surface area is 191 Å². The van der Waals surface area contributed by atoms with Gasteiger partial charge in [-0.2, -0.15) is 0 Å². The first-order valence-electron chi connectivity index (χ1n) is 11.7. The van der Waals surface area contributed by atoms with E-state index in [0.717, 1.165) is 29.8 Å². The highest BCUT2D eigenvalue weighted by atomic mass is 32.1. The van der Waals surface area contributed by atoms with Crippen molar-refractivity contribution in [3.63, 3.8) is 0 Å². The molecule has 3 heterocycles. The molecule has 2 aliphatic rings. The van der Waals surface area contributed by atoms with Crippen molar-refractivity contribution in [2.24, 2.45) is 4.99 Å². The van der Waals surface area contributed by atoms with Gasteiger partial charge in [0.25, 0.3) is 0 Å². The summed E-state index contributed by atoms with van der Waals surface area (Å²) in [5, 5.41) is 10.4. The highest BCUT2D eigenvalue weighted by molar-refractivity contribution is 7.09. The van der Waals surface area contributed by atoms with Crippen LogP contribution in [-0.4, -0.2) is 40.5 Å². The number of piperidine rings is 1. The first-order valence-corrected chi connectivity index (χ1v) is 12.6. The summed E-state index contributed by atoms with van der Waals surface area (Å²) in [5.74, 6) is 0.927. The number of rotatable bonds is 6. The smallest absolute Gasteiger partial charge is 0.191 e. The van der Waals surface area contributed by atoms with Gasteiger partial charge in [0.2, 0.25) is 0 Å². The summed E-state index contributed by atoms with van der Waals surface area (Å²) >= 11 is 1.71. The molecule has 2 aliphatic heterocycles. The average Bonchev–Trinajstić information content (AvgIpc) is 3.30. The van der Waals surface area contributed by atoms with Crippen LogP contribution in [0.15, 0.2) is 40.7 Å². The van der Waals surface area contributed by atoms with Gasteiger partial charge in [-0.3, -0.25) is 4.90 Å². The number of fused-ring (bicyclic) bond motifs is 2. The zero-order chi connectivity index (χ0) is 21.8. The van der Waals surface area contributed by atoms with Gasteiger partial charge in [0.1, 0.15) is 5.01 Å². The molecule has 4 rings (SSSR count). The standard InChI is InChI=1S/C25H37N5S/c1-5-26-24(27-15-23-29-22(17-31-23)25(2,3)4)28-19-13-20-11-12-21(14-19)30(20)16-18-9-7-6-8-10-18/h6-10,17,19-21H,5,11-16H2,1-4H3,(H2,26,27,28). The minimum absolute atomic E-state index is 0.0915. The van der Waals surface area contributed by atoms with Gasteiger partial charge in [0, 0.05) is 42.0 Å². The molecule has 2 saturated heterocycles. The summed E-state index contributed by atoms with van der Waals surface area (Å²) in [7, 11) is 0. The Morgan fingerprint density at radius 1 is 1.16 bits per heavy atom. The number of guanidine groups is 1. The predicted molar refractivity (Wildman–Crippen MR) is 131 cm³/mol. The van der Waals surface area contributed by atoms with Crippen LogP contribution in [0.2, 0.25) is 0 Å². The number of hydrogen-bond acceptors (Lipinski definition) is 4. The summed E-state index contributed by atoms with van der Waals surface area (Å²) < 4.78 is 0. The Balaban J connectivity index is 1.36. The molecule has 0 aliphatic carbocycles. The zero-order valence-corrected chi connectivity index (χ0v) is 20.2. The van der Waals surface area contributed by atoms with Gasteiger partial charge in [-0.05, 0) is 38.2 Å². The molecule has 5 nitrogen and oxygen atoms in total. The lowest BCUT2D eigenvalue weighted by Crippen LogP contribution is -2.52. The number of benzene rings is 1. The van der Waals surface area contributed by atoms with Crippen LogP contribution in [0.3, 0.4) is 0 Å². The maximum atomic E-state index is 4.86. The van der Waals surface area contributed by atoms with Crippen LogP contribution in [-0.2, 0) is 18.5 Å². The van der Waals surface area contributed by atoms with Crippen molar-refractivity contribution in [2.75, 3.05) is 6.54 Å². The lowest BCUT2D eigenvalue weighted by atomic mass is 9.93. The Morgan fingerprint density at radius 3 is 2.48 bits per heavy atom. The molecule has 168 valence electrons. The van der Waals surface area contributed by atoms with Gasteiger partial charge in [-0.15, -0.1) is 11.3 Å². The summed E-state index contributed by atoms with van der Waals surface area (Å²) in [5.41, 5.74) is 2.68. The van der Waals surface area contributed by atoms with E-state index in [1.165, 1.54) is 31.2 Å². The number of aromatic nitrogens is 1. The van der Waals surface area contributed by atoms with E-state index in [-0.39, 0.29) is 5.41 Å². The highest BCUT2D eigenvalue weighted by Gasteiger charge is 2.40. The van der Waals surface area contributed by atoms with E-state index in [2.05, 4.69) is 78.9 Å². The Morgan fingerprint density at radius 2 is 1.87 bits per heavy atom. The normalized spacial score (nSPS) is 24.4. The molecule has 2 atom stereocenters. The summed E-state index contributed by atoms with van der Waals surface area (Å²) in [6.07, 6.45) is 5.02. The van der Waals surface area contributed by atoms with E-state index < -0.39 is 0 Å². The van der Waals surface area contributed by atoms with Gasteiger partial charge in [-0.25, -0.2) is 9.98 Å². The second-order valence-corrected chi connectivity index (χ2v) is 10.9. The first kappa shape index (κ1) is 22.3. The lowest BCUT2D eigenvalue weighted by molar-refractivity contribution is 0.114. The Kier molecular flexibility index (Phi) is 6.97. The number of hydrogen-bond donors (Lipinski definition) is 2. The minimum Gasteiger partial charge on any atom is -0.357 e. The lowest BCUT2D eigenvalue weighted by Gasteiger charge is -2.39. The fourth-order valence-electron chi connectivity index (χ4n) is 4.83. The molecular formula is C25H37N5S. The molecule has 2 N–H and O–H groups in total. The summed E-state index contributed by atoms with van der Waals surface area (Å²) in [6.45, 7) is 11.3. The van der Waals surface area contributed by atoms with Gasteiger partial charge in [-0.1, -0.05) is 51.1 Å². The molecule has 0 amide bonds. The molecule has 2 aromatic rings. The van der Waals surface area contributed by atoms with E-state index >= 15 is 0 Å². The van der Waals surface area contributed by atoms with Crippen molar-refractivity contribution in [3.05, 3.63) is 52.0 Å². The molecule has 1 aromatic heterocycles. The minimum atomic E-state index is 0.0915. The topological polar surface area (TPSA) is 52.6 Å². The van der Waals surface area contributed by atoms with Gasteiger partial charge in [0.05, 0.1) is 12.2 Å². The largest absolute Gasteiger partial charge is 0.357 e. The van der Waals surface area contributed by atoms with Crippen molar-refractivity contribution in [3.8, 4) is 0 Å². The maximum absolute atomic E-state index is 4.86. The third-order valence-corrected chi connectivity index (χ3v) is 7.30. The van der Waals surface area contributed by atoms with Crippen LogP contribution < -0.4 is 10.6 Å². The Hall–Kier alpha value is -1.92. The summed E-state index contributed by atoms with van der Waals surface area (Å²) in [6, 6.07) is 12.7. The molecule has 6 heteroatoms. The first-order chi connectivity index (χ1) is 14.9. The maximum Gasteiger partial charge on any atom is 0.191 e. The van der Waals surface area contributed by atoms with Crippen molar-refractivity contribution in [2.45, 2.75) is 90.0 Å². The van der Waals surface area contributed by atoms with Crippen LogP contribution in [0.25, 0.3) is 0 Å². The van der Waals surface area contributed by atoms with E-state index in [1.54, 1.807) is 11.3 Å². The molecule has 0 radical (unpaired) electrons. The molecular weight excluding hydrogens is 402 g/mol. The van der Waals surface area contributed by atoms with E-state index in [9.17, 15) is 0 Å². The molecule has 0 saturated carbocycles. The van der Waals surface area contributed by atoms with Gasteiger partial charge >= 0.3 is 0 Å².